The highest BCUT2D eigenvalue weighted by atomic mass is 35.5. The van der Waals surface area contributed by atoms with Crippen molar-refractivity contribution in [1.29, 1.82) is 0 Å². The number of rotatable bonds is 9. The van der Waals surface area contributed by atoms with Crippen LogP contribution in [0.3, 0.4) is 0 Å². The number of methoxy groups -OCH3 is 3. The Bertz CT molecular complexity index is 2010. The Hall–Kier alpha value is -5.49. The molecule has 1 aliphatic rings. The smallest absolute Gasteiger partial charge is 0.274 e. The van der Waals surface area contributed by atoms with Crippen LogP contribution in [0.4, 0.5) is 21.9 Å². The highest BCUT2D eigenvalue weighted by Crippen LogP contribution is 2.47. The Labute approximate surface area is 267 Å². The van der Waals surface area contributed by atoms with Crippen LogP contribution in [0.25, 0.3) is 21.7 Å². The number of nitro groups is 1. The number of anilines is 2. The highest BCUT2D eigenvalue weighted by molar-refractivity contribution is 6.20. The molecule has 0 aliphatic carbocycles. The third-order valence-electron chi connectivity index (χ3n) is 8.23. The zero-order chi connectivity index (χ0) is 32.7. The number of ether oxygens (including phenoxy) is 3. The van der Waals surface area contributed by atoms with E-state index in [9.17, 15) is 24.8 Å². The number of nitrogens with zero attached hydrogens (tertiary/aromatic N) is 3. The normalized spacial score (nSPS) is 13.9. The van der Waals surface area contributed by atoms with Crippen LogP contribution < -0.4 is 29.1 Å². The van der Waals surface area contributed by atoms with Crippen molar-refractivity contribution in [1.82, 2.24) is 4.98 Å². The van der Waals surface area contributed by atoms with Gasteiger partial charge in [-0.3, -0.25) is 14.9 Å². The second-order valence-corrected chi connectivity index (χ2v) is 11.0. The molecule has 2 heterocycles. The summed E-state index contributed by atoms with van der Waals surface area (Å²) >= 11 is 6.47. The van der Waals surface area contributed by atoms with E-state index in [-0.39, 0.29) is 42.2 Å². The number of non-ortho nitro benzene ring substituents is 1. The van der Waals surface area contributed by atoms with E-state index < -0.39 is 11.0 Å². The molecule has 1 atom stereocenters. The molecule has 0 saturated heterocycles. The number of benzene rings is 4. The van der Waals surface area contributed by atoms with E-state index in [4.69, 9.17) is 25.8 Å². The first kappa shape index (κ1) is 30.5. The minimum absolute atomic E-state index is 0.112. The molecule has 2 amide bonds. The molecular weight excluding hydrogens is 616 g/mol. The van der Waals surface area contributed by atoms with Gasteiger partial charge in [0.2, 0.25) is 5.75 Å². The number of carbonyl (C=O) groups is 2. The molecule has 1 N–H and O–H groups in total. The van der Waals surface area contributed by atoms with Gasteiger partial charge in [0.25, 0.3) is 11.6 Å². The van der Waals surface area contributed by atoms with E-state index in [0.29, 0.717) is 50.5 Å². The summed E-state index contributed by atoms with van der Waals surface area (Å²) in [4.78, 5) is 43.3. The quantitative estimate of drug-likeness (QED) is 0.124. The monoisotopic (exact) mass is 643 g/mol. The maximum atomic E-state index is 14.2. The van der Waals surface area contributed by atoms with E-state index in [1.165, 1.54) is 45.6 Å². The summed E-state index contributed by atoms with van der Waals surface area (Å²) in [6.07, 6.45) is -1.47. The molecule has 0 bridgehead atoms. The summed E-state index contributed by atoms with van der Waals surface area (Å²) < 4.78 is 16.6. The Balaban J connectivity index is 1.47. The first-order valence-corrected chi connectivity index (χ1v) is 14.7. The van der Waals surface area contributed by atoms with Gasteiger partial charge in [-0.2, -0.15) is 0 Å². The predicted molar refractivity (Wildman–Crippen MR) is 172 cm³/mol. The number of nitro benzene ring substituents is 1. The first-order valence-electron chi connectivity index (χ1n) is 14.2. The lowest BCUT2D eigenvalue weighted by molar-refractivity contribution is -0.384. The van der Waals surface area contributed by atoms with Gasteiger partial charge in [0.1, 0.15) is 11.8 Å². The molecule has 0 fully saturated rings. The molecule has 6 rings (SSSR count). The number of hydrogen-bond donors (Lipinski definition) is 1. The highest BCUT2D eigenvalue weighted by Gasteiger charge is 2.36. The number of amides is 2. The molecule has 236 valence electrons. The molecule has 1 aromatic heterocycles. The number of alkyl halides is 1. The molecule has 0 spiro atoms. The molecular formula is C33H28ClN4O8-. The van der Waals surface area contributed by atoms with Crippen LogP contribution in [0.2, 0.25) is 0 Å². The predicted octanol–water partition coefficient (Wildman–Crippen LogP) is 5.59. The number of aromatic nitrogens is 1. The van der Waals surface area contributed by atoms with Gasteiger partial charge in [-0.25, -0.2) is 0 Å². The van der Waals surface area contributed by atoms with Crippen molar-refractivity contribution >= 4 is 62.3 Å². The number of halogens is 1. The van der Waals surface area contributed by atoms with Crippen molar-refractivity contribution in [2.75, 3.05) is 43.6 Å². The lowest BCUT2D eigenvalue weighted by Gasteiger charge is -2.28. The second kappa shape index (κ2) is 12.1. The molecule has 13 heteroatoms. The Morgan fingerprint density at radius 3 is 2.30 bits per heavy atom. The summed E-state index contributed by atoms with van der Waals surface area (Å²) in [6, 6.07) is 18.0. The lowest BCUT2D eigenvalue weighted by Crippen LogP contribution is -2.41. The van der Waals surface area contributed by atoms with Gasteiger partial charge in [0.05, 0.1) is 43.1 Å². The minimum Gasteiger partial charge on any atom is -0.530 e. The number of carbonyl (C=O) groups excluding carboxylic acids is 2. The van der Waals surface area contributed by atoms with Gasteiger partial charge in [0.15, 0.2) is 11.5 Å². The zero-order valence-electron chi connectivity index (χ0n) is 25.0. The summed E-state index contributed by atoms with van der Waals surface area (Å²) in [6.45, 7) is 0.124. The number of fused-ring (bicyclic) bond motifs is 4. The molecule has 46 heavy (non-hydrogen) atoms. The maximum absolute atomic E-state index is 14.2. The van der Waals surface area contributed by atoms with Crippen molar-refractivity contribution in [2.45, 2.75) is 12.5 Å². The molecule has 0 radical (unpaired) electrons. The zero-order valence-corrected chi connectivity index (χ0v) is 25.8. The second-order valence-electron chi connectivity index (χ2n) is 10.7. The molecule has 1 unspecified atom stereocenters. The number of H-pyrrole nitrogens is 1. The van der Waals surface area contributed by atoms with Gasteiger partial charge in [-0.1, -0.05) is 36.4 Å². The average Bonchev–Trinajstić information content (AvgIpc) is 3.67. The van der Waals surface area contributed by atoms with Crippen LogP contribution in [0.1, 0.15) is 27.5 Å². The Morgan fingerprint density at radius 2 is 1.70 bits per heavy atom. The Kier molecular flexibility index (Phi) is 8.05. The summed E-state index contributed by atoms with van der Waals surface area (Å²) in [7, 11) is 4.50. The molecule has 12 nitrogen and oxygen atoms in total. The maximum Gasteiger partial charge on any atom is 0.274 e. The van der Waals surface area contributed by atoms with Crippen molar-refractivity contribution in [3.8, 4) is 17.2 Å². The number of carboxylic acid groups (broad SMARTS) is 1. The first-order chi connectivity index (χ1) is 22.2. The summed E-state index contributed by atoms with van der Waals surface area (Å²) in [5.74, 6) is 0.817. The fourth-order valence-electron chi connectivity index (χ4n) is 6.13. The van der Waals surface area contributed by atoms with Gasteiger partial charge in [0, 0.05) is 47.8 Å². The van der Waals surface area contributed by atoms with E-state index in [2.05, 4.69) is 4.98 Å². The van der Waals surface area contributed by atoms with Gasteiger partial charge in [-0.15, -0.1) is 11.6 Å². The standard InChI is InChI=1S/C33H29ClN4O8/c1-44-27-13-19-12-24(35-29(19)31(46-3)30(27)45-2)32(39)36-17-20(15-34)28-23-7-5-4-6-22(23)25(14-26(28)36)37(33(40)41)16-18-8-10-21(11-9-18)38(42)43/h4-14,20,35H,15-17H2,1-3H3,(H,40,41)/p-1. The summed E-state index contributed by atoms with van der Waals surface area (Å²) in [5.41, 5.74) is 2.86. The van der Waals surface area contributed by atoms with Gasteiger partial charge in [-0.05, 0) is 34.7 Å². The summed E-state index contributed by atoms with van der Waals surface area (Å²) in [5, 5.41) is 25.8. The number of hydrogen-bond acceptors (Lipinski definition) is 8. The van der Waals surface area contributed by atoms with Crippen molar-refractivity contribution in [2.24, 2.45) is 0 Å². The van der Waals surface area contributed by atoms with Crippen LogP contribution in [0.15, 0.2) is 66.7 Å². The molecule has 1 aliphatic heterocycles. The van der Waals surface area contributed by atoms with E-state index in [1.807, 2.05) is 12.1 Å². The van der Waals surface area contributed by atoms with Gasteiger partial charge < -0.3 is 38.9 Å². The topological polar surface area (TPSA) is 150 Å². The third kappa shape index (κ3) is 5.06. The van der Waals surface area contributed by atoms with Crippen LogP contribution >= 0.6 is 11.6 Å². The lowest BCUT2D eigenvalue weighted by atomic mass is 9.94. The van der Waals surface area contributed by atoms with Crippen molar-refractivity contribution in [3.63, 3.8) is 0 Å². The molecule has 4 aromatic carbocycles. The Morgan fingerprint density at radius 1 is 1.00 bits per heavy atom. The van der Waals surface area contributed by atoms with Crippen LogP contribution in [-0.2, 0) is 6.54 Å². The van der Waals surface area contributed by atoms with Crippen molar-refractivity contribution in [3.05, 3.63) is 93.7 Å². The van der Waals surface area contributed by atoms with Crippen LogP contribution in [0.5, 0.6) is 17.2 Å². The van der Waals surface area contributed by atoms with Crippen LogP contribution in [0, 0.1) is 10.1 Å². The fraction of sp³-hybridized carbons (Fsp3) is 0.212. The molecule has 5 aromatic rings. The molecule has 0 saturated carbocycles. The van der Waals surface area contributed by atoms with E-state index >= 15 is 0 Å². The van der Waals surface area contributed by atoms with Crippen molar-refractivity contribution < 1.29 is 33.8 Å². The minimum atomic E-state index is -1.47. The van der Waals surface area contributed by atoms with E-state index in [1.54, 1.807) is 35.2 Å². The fourth-order valence-corrected chi connectivity index (χ4v) is 6.38. The van der Waals surface area contributed by atoms with Crippen LogP contribution in [-0.4, -0.2) is 55.7 Å². The van der Waals surface area contributed by atoms with E-state index in [0.717, 1.165) is 15.8 Å². The average molecular weight is 644 g/mol. The third-order valence-corrected chi connectivity index (χ3v) is 8.60. The largest absolute Gasteiger partial charge is 0.530 e. The number of aromatic amines is 1. The van der Waals surface area contributed by atoms with Gasteiger partial charge >= 0.3 is 0 Å². The SMILES string of the molecule is COc1cc2cc(C(=O)N3CC(CCl)c4c3cc(N(Cc3ccc([N+](=O)[O-])cc3)C(=O)[O-])c3ccccc43)[nH]c2c(OC)c1OC. The number of nitrogens with one attached hydrogen (secondary N) is 1.